The highest BCUT2D eigenvalue weighted by atomic mass is 127. The second-order valence-corrected chi connectivity index (χ2v) is 7.43. The zero-order chi connectivity index (χ0) is 19.2. The van der Waals surface area contributed by atoms with Gasteiger partial charge in [-0.2, -0.15) is 0 Å². The van der Waals surface area contributed by atoms with Gasteiger partial charge in [-0.15, -0.1) is 24.0 Å². The van der Waals surface area contributed by atoms with Crippen LogP contribution in [0.3, 0.4) is 0 Å². The molecule has 2 heterocycles. The quantitative estimate of drug-likeness (QED) is 0.390. The number of hydrogen-bond donors (Lipinski definition) is 1. The van der Waals surface area contributed by atoms with Crippen LogP contribution < -0.4 is 5.32 Å². The van der Waals surface area contributed by atoms with Crippen LogP contribution in [-0.4, -0.2) is 60.7 Å². The molecule has 7 heteroatoms. The Morgan fingerprint density at radius 3 is 2.43 bits per heavy atom. The molecule has 0 bridgehead atoms. The van der Waals surface area contributed by atoms with Gasteiger partial charge < -0.3 is 14.7 Å². The van der Waals surface area contributed by atoms with Crippen molar-refractivity contribution in [3.05, 3.63) is 52.9 Å². The fourth-order valence-electron chi connectivity index (χ4n) is 3.43. The van der Waals surface area contributed by atoms with E-state index in [1.54, 1.807) is 0 Å². The number of nitrogens with zero attached hydrogens (tertiary/aromatic N) is 4. The first kappa shape index (κ1) is 22.7. The zero-order valence-electron chi connectivity index (χ0n) is 17.3. The highest BCUT2D eigenvalue weighted by Gasteiger charge is 2.20. The third-order valence-corrected chi connectivity index (χ3v) is 5.16. The van der Waals surface area contributed by atoms with Crippen LogP contribution in [0.15, 0.2) is 39.8 Å². The van der Waals surface area contributed by atoms with Crippen molar-refractivity contribution in [1.29, 1.82) is 0 Å². The Morgan fingerprint density at radius 2 is 1.86 bits per heavy atom. The van der Waals surface area contributed by atoms with E-state index in [4.69, 9.17) is 4.52 Å². The van der Waals surface area contributed by atoms with Gasteiger partial charge >= 0.3 is 0 Å². The lowest BCUT2D eigenvalue weighted by Gasteiger charge is -2.36. The third kappa shape index (κ3) is 6.20. The van der Waals surface area contributed by atoms with Gasteiger partial charge in [-0.3, -0.25) is 9.89 Å². The van der Waals surface area contributed by atoms with E-state index in [-0.39, 0.29) is 24.0 Å². The topological polar surface area (TPSA) is 56.9 Å². The summed E-state index contributed by atoms with van der Waals surface area (Å²) in [4.78, 5) is 9.24. The molecule has 1 aromatic heterocycles. The molecule has 28 heavy (non-hydrogen) atoms. The lowest BCUT2D eigenvalue weighted by molar-refractivity contribution is 0.169. The Morgan fingerprint density at radius 1 is 1.18 bits per heavy atom. The molecule has 0 spiro atoms. The first-order valence-electron chi connectivity index (χ1n) is 9.72. The monoisotopic (exact) mass is 497 g/mol. The molecule has 0 aliphatic carbocycles. The number of aromatic nitrogens is 1. The van der Waals surface area contributed by atoms with E-state index in [2.05, 4.69) is 63.4 Å². The number of nitrogens with one attached hydrogen (secondary N) is 1. The molecule has 1 unspecified atom stereocenters. The summed E-state index contributed by atoms with van der Waals surface area (Å²) in [5, 5.41) is 7.65. The van der Waals surface area contributed by atoms with Gasteiger partial charge in [-0.25, -0.2) is 0 Å². The Balaban J connectivity index is 0.00000280. The molecule has 1 aliphatic rings. The Hall–Kier alpha value is -1.61. The number of piperazine rings is 1. The number of aliphatic imine (C=N–C) groups is 1. The van der Waals surface area contributed by atoms with E-state index in [1.807, 2.05) is 20.0 Å². The molecule has 1 fully saturated rings. The molecule has 2 aromatic rings. The van der Waals surface area contributed by atoms with Gasteiger partial charge in [0.05, 0.1) is 5.69 Å². The minimum atomic E-state index is 0. The maximum atomic E-state index is 5.16. The maximum absolute atomic E-state index is 5.16. The van der Waals surface area contributed by atoms with Gasteiger partial charge in [0.15, 0.2) is 5.96 Å². The third-order valence-electron chi connectivity index (χ3n) is 5.16. The van der Waals surface area contributed by atoms with Gasteiger partial charge in [-0.05, 0) is 25.3 Å². The molecular formula is C21H32IN5O. The van der Waals surface area contributed by atoms with E-state index in [9.17, 15) is 0 Å². The fourth-order valence-corrected chi connectivity index (χ4v) is 3.43. The number of hydrogen-bond acceptors (Lipinski definition) is 4. The summed E-state index contributed by atoms with van der Waals surface area (Å²) >= 11 is 0. The molecule has 1 N–H and O–H groups in total. The van der Waals surface area contributed by atoms with E-state index in [0.717, 1.165) is 56.7 Å². The van der Waals surface area contributed by atoms with Crippen molar-refractivity contribution in [2.75, 3.05) is 39.8 Å². The van der Waals surface area contributed by atoms with Crippen LogP contribution in [0.5, 0.6) is 0 Å². The summed E-state index contributed by atoms with van der Waals surface area (Å²) in [6.45, 7) is 12.0. The predicted molar refractivity (Wildman–Crippen MR) is 124 cm³/mol. The molecule has 6 nitrogen and oxygen atoms in total. The molecule has 1 aliphatic heterocycles. The van der Waals surface area contributed by atoms with Crippen molar-refractivity contribution in [3.8, 4) is 0 Å². The van der Waals surface area contributed by atoms with Crippen LogP contribution in [0.25, 0.3) is 0 Å². The minimum absolute atomic E-state index is 0. The minimum Gasteiger partial charge on any atom is -0.361 e. The SMILES string of the molecule is CN=C(NCC(C)c1ccc(C)cc1)N1CCN(Cc2cc(C)on2)CC1.I. The Kier molecular flexibility index (Phi) is 8.75. The summed E-state index contributed by atoms with van der Waals surface area (Å²) in [5.41, 5.74) is 3.67. The first-order valence-corrected chi connectivity index (χ1v) is 9.72. The molecular weight excluding hydrogens is 465 g/mol. The van der Waals surface area contributed by atoms with Crippen molar-refractivity contribution in [2.45, 2.75) is 33.2 Å². The molecule has 1 atom stereocenters. The molecule has 0 saturated carbocycles. The lowest BCUT2D eigenvalue weighted by Crippen LogP contribution is -2.52. The van der Waals surface area contributed by atoms with Crippen molar-refractivity contribution in [2.24, 2.45) is 4.99 Å². The van der Waals surface area contributed by atoms with Crippen LogP contribution in [0.4, 0.5) is 0 Å². The van der Waals surface area contributed by atoms with Crippen LogP contribution in [-0.2, 0) is 6.54 Å². The normalized spacial score (nSPS) is 16.6. The number of benzene rings is 1. The summed E-state index contributed by atoms with van der Waals surface area (Å²) in [5.74, 6) is 2.31. The average Bonchev–Trinajstić information content (AvgIpc) is 3.08. The summed E-state index contributed by atoms with van der Waals surface area (Å²) in [6, 6.07) is 10.8. The van der Waals surface area contributed by atoms with Crippen LogP contribution in [0.1, 0.15) is 35.4 Å². The molecule has 154 valence electrons. The van der Waals surface area contributed by atoms with Crippen LogP contribution in [0.2, 0.25) is 0 Å². The number of halogens is 1. The van der Waals surface area contributed by atoms with E-state index >= 15 is 0 Å². The maximum Gasteiger partial charge on any atom is 0.193 e. The summed E-state index contributed by atoms with van der Waals surface area (Å²) in [7, 11) is 1.86. The van der Waals surface area contributed by atoms with Gasteiger partial charge in [0, 0.05) is 52.4 Å². The summed E-state index contributed by atoms with van der Waals surface area (Å²) in [6.07, 6.45) is 0. The summed E-state index contributed by atoms with van der Waals surface area (Å²) < 4.78 is 5.16. The Labute approximate surface area is 185 Å². The molecule has 0 amide bonds. The van der Waals surface area contributed by atoms with Gasteiger partial charge in [0.1, 0.15) is 5.76 Å². The number of rotatable bonds is 5. The van der Waals surface area contributed by atoms with Gasteiger partial charge in [-0.1, -0.05) is 41.9 Å². The van der Waals surface area contributed by atoms with Crippen LogP contribution in [0, 0.1) is 13.8 Å². The highest BCUT2D eigenvalue weighted by molar-refractivity contribution is 14.0. The second kappa shape index (κ2) is 10.8. The highest BCUT2D eigenvalue weighted by Crippen LogP contribution is 2.15. The van der Waals surface area contributed by atoms with E-state index in [1.165, 1.54) is 11.1 Å². The molecule has 1 saturated heterocycles. The van der Waals surface area contributed by atoms with Crippen molar-refractivity contribution < 1.29 is 4.52 Å². The van der Waals surface area contributed by atoms with Gasteiger partial charge in [0.25, 0.3) is 0 Å². The molecule has 0 radical (unpaired) electrons. The smallest absolute Gasteiger partial charge is 0.193 e. The molecule has 3 rings (SSSR count). The average molecular weight is 497 g/mol. The fraction of sp³-hybridized carbons (Fsp3) is 0.524. The number of aryl methyl sites for hydroxylation is 2. The van der Waals surface area contributed by atoms with E-state index < -0.39 is 0 Å². The molecule has 1 aromatic carbocycles. The van der Waals surface area contributed by atoms with Gasteiger partial charge in [0.2, 0.25) is 0 Å². The van der Waals surface area contributed by atoms with E-state index in [0.29, 0.717) is 5.92 Å². The predicted octanol–water partition coefficient (Wildman–Crippen LogP) is 3.41. The van der Waals surface area contributed by atoms with Crippen molar-refractivity contribution in [3.63, 3.8) is 0 Å². The van der Waals surface area contributed by atoms with Crippen molar-refractivity contribution in [1.82, 2.24) is 20.3 Å². The zero-order valence-corrected chi connectivity index (χ0v) is 19.6. The Bertz CT molecular complexity index is 750. The van der Waals surface area contributed by atoms with Crippen molar-refractivity contribution >= 4 is 29.9 Å². The largest absolute Gasteiger partial charge is 0.361 e. The van der Waals surface area contributed by atoms with Crippen LogP contribution >= 0.6 is 24.0 Å². The first-order chi connectivity index (χ1) is 13.0. The standard InChI is InChI=1S/C21H31N5O.HI/c1-16-5-7-19(8-6-16)17(2)14-23-21(22-4)26-11-9-25(10-12-26)15-20-13-18(3)27-24-20;/h5-8,13,17H,9-12,14-15H2,1-4H3,(H,22,23);1H. The second-order valence-electron chi connectivity index (χ2n) is 7.43. The number of guanidine groups is 1. The lowest BCUT2D eigenvalue weighted by atomic mass is 10.0.